The number of unbranched alkanes of at least 4 members (excludes halogenated alkanes) is 3. The zero-order chi connectivity index (χ0) is 11.6. The number of hydrogen-bond donors (Lipinski definition) is 1. The molecule has 0 bridgehead atoms. The van der Waals surface area contributed by atoms with Gasteiger partial charge in [0, 0.05) is 0 Å². The highest BCUT2D eigenvalue weighted by Crippen LogP contribution is 2.13. The van der Waals surface area contributed by atoms with E-state index in [1.165, 1.54) is 31.2 Å². The van der Waals surface area contributed by atoms with Crippen LogP contribution < -0.4 is 5.32 Å². The molecule has 16 heavy (non-hydrogen) atoms. The molecule has 0 spiro atoms. The highest BCUT2D eigenvalue weighted by Gasteiger charge is 2.04. The van der Waals surface area contributed by atoms with E-state index in [2.05, 4.69) is 43.1 Å². The van der Waals surface area contributed by atoms with Gasteiger partial charge in [-0.15, -0.1) is 6.58 Å². The molecule has 0 saturated carbocycles. The lowest BCUT2D eigenvalue weighted by Crippen LogP contribution is -2.20. The van der Waals surface area contributed by atoms with Gasteiger partial charge in [-0.1, -0.05) is 62.6 Å². The number of rotatable bonds is 8. The van der Waals surface area contributed by atoms with E-state index in [4.69, 9.17) is 0 Å². The largest absolute Gasteiger partial charge is 0.307 e. The molecule has 0 radical (unpaired) electrons. The molecule has 1 aromatic rings. The molecule has 1 rings (SSSR count). The van der Waals surface area contributed by atoms with E-state index >= 15 is 0 Å². The quantitative estimate of drug-likeness (QED) is 0.511. The summed E-state index contributed by atoms with van der Waals surface area (Å²) < 4.78 is 0. The zero-order valence-electron chi connectivity index (χ0n) is 10.3. The van der Waals surface area contributed by atoms with Crippen LogP contribution in [0.2, 0.25) is 0 Å². The van der Waals surface area contributed by atoms with E-state index in [1.807, 2.05) is 12.1 Å². The lowest BCUT2D eigenvalue weighted by atomic mass is 10.1. The molecule has 0 aliphatic heterocycles. The molecule has 0 fully saturated rings. The first-order chi connectivity index (χ1) is 7.88. The molecular weight excluding hydrogens is 194 g/mol. The second kappa shape index (κ2) is 8.12. The molecule has 0 saturated heterocycles. The molecule has 1 aromatic carbocycles. The molecule has 0 aromatic heterocycles. The Kier molecular flexibility index (Phi) is 6.59. The van der Waals surface area contributed by atoms with Crippen LogP contribution in [0, 0.1) is 0 Å². The normalized spacial score (nSPS) is 12.3. The fourth-order valence-corrected chi connectivity index (χ4v) is 1.81. The third-order valence-corrected chi connectivity index (χ3v) is 2.79. The third kappa shape index (κ3) is 4.63. The van der Waals surface area contributed by atoms with Gasteiger partial charge in [0.2, 0.25) is 0 Å². The fraction of sp³-hybridized carbons (Fsp3) is 0.467. The van der Waals surface area contributed by atoms with Gasteiger partial charge in [0.25, 0.3) is 0 Å². The lowest BCUT2D eigenvalue weighted by Gasteiger charge is -2.14. The maximum atomic E-state index is 3.89. The van der Waals surface area contributed by atoms with Gasteiger partial charge in [-0.3, -0.25) is 0 Å². The van der Waals surface area contributed by atoms with Crippen LogP contribution in [0.15, 0.2) is 43.0 Å². The van der Waals surface area contributed by atoms with Crippen LogP contribution >= 0.6 is 0 Å². The monoisotopic (exact) mass is 217 g/mol. The van der Waals surface area contributed by atoms with Crippen molar-refractivity contribution in [1.29, 1.82) is 0 Å². The Morgan fingerprint density at radius 1 is 1.19 bits per heavy atom. The van der Waals surface area contributed by atoms with Crippen LogP contribution in [0.4, 0.5) is 0 Å². The summed E-state index contributed by atoms with van der Waals surface area (Å²) in [7, 11) is 0. The van der Waals surface area contributed by atoms with Crippen molar-refractivity contribution < 1.29 is 0 Å². The second-order valence-corrected chi connectivity index (χ2v) is 4.14. The lowest BCUT2D eigenvalue weighted by molar-refractivity contribution is 0.565. The topological polar surface area (TPSA) is 12.0 Å². The Morgan fingerprint density at radius 3 is 2.56 bits per heavy atom. The van der Waals surface area contributed by atoms with Crippen LogP contribution in [0.3, 0.4) is 0 Å². The Balaban J connectivity index is 2.30. The third-order valence-electron chi connectivity index (χ3n) is 2.79. The average Bonchev–Trinajstić information content (AvgIpc) is 2.35. The summed E-state index contributed by atoms with van der Waals surface area (Å²) in [4.78, 5) is 0. The van der Waals surface area contributed by atoms with Gasteiger partial charge in [0.05, 0.1) is 6.04 Å². The number of nitrogens with one attached hydrogen (secondary N) is 1. The van der Waals surface area contributed by atoms with Gasteiger partial charge in [-0.05, 0) is 18.5 Å². The predicted octanol–water partition coefficient (Wildman–Crippen LogP) is 4.08. The molecule has 0 aliphatic carbocycles. The highest BCUT2D eigenvalue weighted by molar-refractivity contribution is 5.22. The van der Waals surface area contributed by atoms with Gasteiger partial charge in [-0.2, -0.15) is 0 Å². The Hall–Kier alpha value is -1.08. The first kappa shape index (κ1) is 13.0. The van der Waals surface area contributed by atoms with Crippen molar-refractivity contribution in [2.45, 2.75) is 38.6 Å². The summed E-state index contributed by atoms with van der Waals surface area (Å²) in [6, 6.07) is 10.8. The molecule has 1 N–H and O–H groups in total. The van der Waals surface area contributed by atoms with Crippen LogP contribution in [0.25, 0.3) is 0 Å². The molecule has 0 unspecified atom stereocenters. The van der Waals surface area contributed by atoms with Gasteiger partial charge in [0.1, 0.15) is 0 Å². The van der Waals surface area contributed by atoms with E-state index < -0.39 is 0 Å². The van der Waals surface area contributed by atoms with Gasteiger partial charge >= 0.3 is 0 Å². The van der Waals surface area contributed by atoms with Crippen molar-refractivity contribution in [2.24, 2.45) is 0 Å². The standard InChI is InChI=1S/C15H23N/c1-3-5-6-10-13-16-15(4-2)14-11-8-7-9-12-14/h4,7-9,11-12,15-16H,2-3,5-6,10,13H2,1H3/t15-/m1/s1. The summed E-state index contributed by atoms with van der Waals surface area (Å²) in [5.74, 6) is 0. The molecule has 88 valence electrons. The predicted molar refractivity (Wildman–Crippen MR) is 71.5 cm³/mol. The first-order valence-electron chi connectivity index (χ1n) is 6.29. The van der Waals surface area contributed by atoms with E-state index in [0.717, 1.165) is 6.54 Å². The Labute approximate surface area is 99.6 Å². The smallest absolute Gasteiger partial charge is 0.0503 e. The molecular formula is C15H23N. The maximum absolute atomic E-state index is 3.89. The minimum Gasteiger partial charge on any atom is -0.307 e. The van der Waals surface area contributed by atoms with Crippen LogP contribution in [0.5, 0.6) is 0 Å². The van der Waals surface area contributed by atoms with Gasteiger partial charge in [-0.25, -0.2) is 0 Å². The van der Waals surface area contributed by atoms with Crippen molar-refractivity contribution in [2.75, 3.05) is 6.54 Å². The van der Waals surface area contributed by atoms with Crippen molar-refractivity contribution in [3.63, 3.8) is 0 Å². The molecule has 1 nitrogen and oxygen atoms in total. The molecule has 1 heteroatoms. The van der Waals surface area contributed by atoms with E-state index in [0.29, 0.717) is 6.04 Å². The van der Waals surface area contributed by atoms with E-state index in [-0.39, 0.29) is 0 Å². The van der Waals surface area contributed by atoms with Crippen LogP contribution in [-0.4, -0.2) is 6.54 Å². The van der Waals surface area contributed by atoms with Crippen LogP contribution in [0.1, 0.15) is 44.2 Å². The Bertz CT molecular complexity index is 279. The first-order valence-corrected chi connectivity index (χ1v) is 6.29. The zero-order valence-corrected chi connectivity index (χ0v) is 10.3. The van der Waals surface area contributed by atoms with Crippen molar-refractivity contribution in [3.05, 3.63) is 48.6 Å². The van der Waals surface area contributed by atoms with Gasteiger partial charge in [0.15, 0.2) is 0 Å². The maximum Gasteiger partial charge on any atom is 0.0503 e. The van der Waals surface area contributed by atoms with E-state index in [1.54, 1.807) is 0 Å². The summed E-state index contributed by atoms with van der Waals surface area (Å²) in [6.45, 7) is 7.20. The SMILES string of the molecule is C=C[C@@H](NCCCCCC)c1ccccc1. The summed E-state index contributed by atoms with van der Waals surface area (Å²) in [5.41, 5.74) is 1.30. The van der Waals surface area contributed by atoms with Crippen molar-refractivity contribution in [3.8, 4) is 0 Å². The van der Waals surface area contributed by atoms with Gasteiger partial charge < -0.3 is 5.32 Å². The molecule has 0 amide bonds. The number of hydrogen-bond acceptors (Lipinski definition) is 1. The molecule has 0 aliphatic rings. The average molecular weight is 217 g/mol. The number of benzene rings is 1. The van der Waals surface area contributed by atoms with E-state index in [9.17, 15) is 0 Å². The highest BCUT2D eigenvalue weighted by atomic mass is 14.9. The van der Waals surface area contributed by atoms with Crippen LogP contribution in [-0.2, 0) is 0 Å². The second-order valence-electron chi connectivity index (χ2n) is 4.14. The molecule has 1 atom stereocenters. The summed E-state index contributed by atoms with van der Waals surface area (Å²) >= 11 is 0. The molecule has 0 heterocycles. The minimum absolute atomic E-state index is 0.294. The fourth-order valence-electron chi connectivity index (χ4n) is 1.81. The Morgan fingerprint density at radius 2 is 1.94 bits per heavy atom. The van der Waals surface area contributed by atoms with Crippen molar-refractivity contribution in [1.82, 2.24) is 5.32 Å². The summed E-state index contributed by atoms with van der Waals surface area (Å²) in [6.07, 6.45) is 7.19. The summed E-state index contributed by atoms with van der Waals surface area (Å²) in [5, 5.41) is 3.53. The van der Waals surface area contributed by atoms with Crippen molar-refractivity contribution >= 4 is 0 Å². The minimum atomic E-state index is 0.294.